The molecule has 0 aromatic rings. The predicted octanol–water partition coefficient (Wildman–Crippen LogP) is 0.232. The van der Waals surface area contributed by atoms with Gasteiger partial charge >= 0.3 is 0 Å². The maximum Gasteiger partial charge on any atom is 0.217 e. The largest absolute Gasteiger partial charge is 0.379 e. The Balaban J connectivity index is 2.30. The fourth-order valence-corrected chi connectivity index (χ4v) is 1.78. The van der Waals surface area contributed by atoms with E-state index >= 15 is 0 Å². The van der Waals surface area contributed by atoms with Crippen LogP contribution in [-0.2, 0) is 9.53 Å². The van der Waals surface area contributed by atoms with E-state index in [2.05, 4.69) is 17.1 Å². The highest BCUT2D eigenvalue weighted by atomic mass is 16.5. The van der Waals surface area contributed by atoms with Crippen molar-refractivity contribution in [3.8, 4) is 0 Å². The summed E-state index contributed by atoms with van der Waals surface area (Å²) < 4.78 is 5.35. The molecule has 0 saturated carbocycles. The lowest BCUT2D eigenvalue weighted by Gasteiger charge is -2.35. The number of amides is 1. The number of nitrogens with zero attached hydrogens (tertiary/aromatic N) is 1. The van der Waals surface area contributed by atoms with E-state index < -0.39 is 0 Å². The molecule has 4 nitrogen and oxygen atoms in total. The number of hydrogen-bond acceptors (Lipinski definition) is 3. The van der Waals surface area contributed by atoms with Gasteiger partial charge in [-0.25, -0.2) is 0 Å². The van der Waals surface area contributed by atoms with E-state index in [0.717, 1.165) is 26.3 Å². The van der Waals surface area contributed by atoms with E-state index in [-0.39, 0.29) is 11.9 Å². The second kappa shape index (κ2) is 5.32. The Bertz CT molecular complexity index is 197. The topological polar surface area (TPSA) is 41.6 Å². The van der Waals surface area contributed by atoms with Gasteiger partial charge in [-0.15, -0.1) is 0 Å². The molecule has 1 heterocycles. The standard InChI is InChI=1S/C10H20N2O2/c1-8(11-10(3)13)6-12-4-5-14-7-9(12)2/h8-9H,4-7H2,1-3H3,(H,11,13)/t8-,9-/m1/s1. The molecule has 1 amide bonds. The third kappa shape index (κ3) is 3.64. The summed E-state index contributed by atoms with van der Waals surface area (Å²) in [5.41, 5.74) is 0. The van der Waals surface area contributed by atoms with Crippen LogP contribution in [0.1, 0.15) is 20.8 Å². The first-order valence-corrected chi connectivity index (χ1v) is 5.18. The number of rotatable bonds is 3. The molecule has 0 radical (unpaired) electrons. The molecular formula is C10H20N2O2. The molecule has 0 spiro atoms. The van der Waals surface area contributed by atoms with Gasteiger partial charge in [-0.3, -0.25) is 9.69 Å². The quantitative estimate of drug-likeness (QED) is 0.709. The summed E-state index contributed by atoms with van der Waals surface area (Å²) >= 11 is 0. The first-order chi connectivity index (χ1) is 6.59. The van der Waals surface area contributed by atoms with E-state index in [1.807, 2.05) is 6.92 Å². The highest BCUT2D eigenvalue weighted by Crippen LogP contribution is 2.06. The fourth-order valence-electron chi connectivity index (χ4n) is 1.78. The van der Waals surface area contributed by atoms with Crippen molar-refractivity contribution in [2.75, 3.05) is 26.3 Å². The molecule has 1 rings (SSSR count). The van der Waals surface area contributed by atoms with Crippen LogP contribution in [0.2, 0.25) is 0 Å². The van der Waals surface area contributed by atoms with Gasteiger partial charge in [-0.1, -0.05) is 0 Å². The SMILES string of the molecule is CC(=O)N[C@H](C)CN1CCOC[C@H]1C. The summed E-state index contributed by atoms with van der Waals surface area (Å²) in [4.78, 5) is 13.2. The maximum atomic E-state index is 10.8. The molecule has 0 aromatic carbocycles. The van der Waals surface area contributed by atoms with Crippen LogP contribution in [0, 0.1) is 0 Å². The highest BCUT2D eigenvalue weighted by Gasteiger charge is 2.20. The van der Waals surface area contributed by atoms with Gasteiger partial charge in [-0.2, -0.15) is 0 Å². The lowest BCUT2D eigenvalue weighted by molar-refractivity contribution is -0.119. The average molecular weight is 200 g/mol. The molecule has 1 fully saturated rings. The van der Waals surface area contributed by atoms with Crippen molar-refractivity contribution < 1.29 is 9.53 Å². The van der Waals surface area contributed by atoms with Crippen LogP contribution in [0.4, 0.5) is 0 Å². The van der Waals surface area contributed by atoms with Crippen molar-refractivity contribution in [1.29, 1.82) is 0 Å². The van der Waals surface area contributed by atoms with Gasteiger partial charge in [0.25, 0.3) is 0 Å². The highest BCUT2D eigenvalue weighted by molar-refractivity contribution is 5.73. The summed E-state index contributed by atoms with van der Waals surface area (Å²) in [6, 6.07) is 0.674. The van der Waals surface area contributed by atoms with Gasteiger partial charge in [-0.05, 0) is 13.8 Å². The fraction of sp³-hybridized carbons (Fsp3) is 0.900. The minimum absolute atomic E-state index is 0.0402. The Labute approximate surface area is 85.6 Å². The second-order valence-electron chi connectivity index (χ2n) is 4.02. The van der Waals surface area contributed by atoms with Crippen molar-refractivity contribution in [2.45, 2.75) is 32.9 Å². The monoisotopic (exact) mass is 200 g/mol. The first-order valence-electron chi connectivity index (χ1n) is 5.18. The molecule has 0 unspecified atom stereocenters. The van der Waals surface area contributed by atoms with Crippen LogP contribution in [0.5, 0.6) is 0 Å². The van der Waals surface area contributed by atoms with E-state index in [1.54, 1.807) is 6.92 Å². The molecule has 1 aliphatic rings. The Hall–Kier alpha value is -0.610. The third-order valence-corrected chi connectivity index (χ3v) is 2.46. The summed E-state index contributed by atoms with van der Waals surface area (Å²) in [5.74, 6) is 0.0402. The van der Waals surface area contributed by atoms with Gasteiger partial charge in [0, 0.05) is 32.1 Å². The van der Waals surface area contributed by atoms with Crippen LogP contribution in [-0.4, -0.2) is 49.2 Å². The van der Waals surface area contributed by atoms with Crippen molar-refractivity contribution in [3.05, 3.63) is 0 Å². The number of nitrogens with one attached hydrogen (secondary N) is 1. The smallest absolute Gasteiger partial charge is 0.217 e. The van der Waals surface area contributed by atoms with Gasteiger partial charge in [0.05, 0.1) is 13.2 Å². The predicted molar refractivity (Wildman–Crippen MR) is 55.1 cm³/mol. The van der Waals surface area contributed by atoms with Crippen LogP contribution < -0.4 is 5.32 Å². The van der Waals surface area contributed by atoms with Crippen LogP contribution in [0.15, 0.2) is 0 Å². The van der Waals surface area contributed by atoms with Crippen molar-refractivity contribution in [3.63, 3.8) is 0 Å². The molecule has 1 saturated heterocycles. The van der Waals surface area contributed by atoms with Gasteiger partial charge in [0.1, 0.15) is 0 Å². The van der Waals surface area contributed by atoms with Gasteiger partial charge < -0.3 is 10.1 Å². The van der Waals surface area contributed by atoms with Crippen LogP contribution in [0.25, 0.3) is 0 Å². The molecule has 4 heteroatoms. The molecule has 0 aliphatic carbocycles. The number of ether oxygens (including phenoxy) is 1. The number of hydrogen-bond donors (Lipinski definition) is 1. The number of carbonyl (C=O) groups excluding carboxylic acids is 1. The molecule has 14 heavy (non-hydrogen) atoms. The van der Waals surface area contributed by atoms with E-state index in [0.29, 0.717) is 6.04 Å². The van der Waals surface area contributed by atoms with E-state index in [1.165, 1.54) is 0 Å². The summed E-state index contributed by atoms with van der Waals surface area (Å²) in [5, 5.41) is 2.89. The molecule has 1 N–H and O–H groups in total. The lowest BCUT2D eigenvalue weighted by atomic mass is 10.2. The Kier molecular flexibility index (Phi) is 4.35. The Morgan fingerprint density at radius 3 is 3.00 bits per heavy atom. The molecule has 82 valence electrons. The lowest BCUT2D eigenvalue weighted by Crippen LogP contribution is -2.49. The third-order valence-electron chi connectivity index (χ3n) is 2.46. The van der Waals surface area contributed by atoms with E-state index in [4.69, 9.17) is 4.74 Å². The summed E-state index contributed by atoms with van der Waals surface area (Å²) in [7, 11) is 0. The number of carbonyl (C=O) groups is 1. The zero-order valence-corrected chi connectivity index (χ0v) is 9.25. The summed E-state index contributed by atoms with van der Waals surface area (Å²) in [6.07, 6.45) is 0. The van der Waals surface area contributed by atoms with Gasteiger partial charge in [0.2, 0.25) is 5.91 Å². The van der Waals surface area contributed by atoms with Crippen LogP contribution >= 0.6 is 0 Å². The second-order valence-corrected chi connectivity index (χ2v) is 4.02. The van der Waals surface area contributed by atoms with Gasteiger partial charge in [0.15, 0.2) is 0 Å². The summed E-state index contributed by atoms with van der Waals surface area (Å²) in [6.45, 7) is 9.21. The van der Waals surface area contributed by atoms with Crippen molar-refractivity contribution in [1.82, 2.24) is 10.2 Å². The zero-order valence-electron chi connectivity index (χ0n) is 9.25. The molecule has 0 aromatic heterocycles. The van der Waals surface area contributed by atoms with Crippen molar-refractivity contribution >= 4 is 5.91 Å². The molecule has 2 atom stereocenters. The number of morpholine rings is 1. The van der Waals surface area contributed by atoms with E-state index in [9.17, 15) is 4.79 Å². The maximum absolute atomic E-state index is 10.8. The zero-order chi connectivity index (χ0) is 10.6. The molecular weight excluding hydrogens is 180 g/mol. The molecule has 0 bridgehead atoms. The first kappa shape index (κ1) is 11.5. The Morgan fingerprint density at radius 1 is 1.71 bits per heavy atom. The minimum Gasteiger partial charge on any atom is -0.379 e. The molecule has 1 aliphatic heterocycles. The van der Waals surface area contributed by atoms with Crippen molar-refractivity contribution in [2.24, 2.45) is 0 Å². The van der Waals surface area contributed by atoms with Crippen LogP contribution in [0.3, 0.4) is 0 Å². The normalized spacial score (nSPS) is 25.8. The minimum atomic E-state index is 0.0402. The average Bonchev–Trinajstić information content (AvgIpc) is 2.07. The Morgan fingerprint density at radius 2 is 2.43 bits per heavy atom.